The molecule has 0 N–H and O–H groups in total. The van der Waals surface area contributed by atoms with Crippen molar-refractivity contribution < 1.29 is 4.74 Å². The van der Waals surface area contributed by atoms with E-state index in [-0.39, 0.29) is 0 Å². The Balaban J connectivity index is 2.30. The Morgan fingerprint density at radius 3 is 2.16 bits per heavy atom. The minimum Gasteiger partial charge on any atom is -0.496 e. The molecule has 0 saturated heterocycles. The second-order valence-corrected chi connectivity index (χ2v) is 4.64. The third kappa shape index (κ3) is 3.19. The molecule has 0 aliphatic rings. The van der Waals surface area contributed by atoms with Crippen LogP contribution in [0.4, 0.5) is 11.4 Å². The number of rotatable bonds is 3. The maximum absolute atomic E-state index is 5.31. The second-order valence-electron chi connectivity index (χ2n) is 4.64. The van der Waals surface area contributed by atoms with E-state index in [1.54, 1.807) is 7.11 Å². The summed E-state index contributed by atoms with van der Waals surface area (Å²) >= 11 is 0. The Morgan fingerprint density at radius 1 is 0.842 bits per heavy atom. The van der Waals surface area contributed by atoms with E-state index in [1.807, 2.05) is 44.2 Å². The largest absolute Gasteiger partial charge is 0.496 e. The lowest BCUT2D eigenvalue weighted by Crippen LogP contribution is -1.87. The van der Waals surface area contributed by atoms with Gasteiger partial charge in [0.15, 0.2) is 0 Å². The Labute approximate surface area is 114 Å². The quantitative estimate of drug-likeness (QED) is 0.707. The fourth-order valence-electron chi connectivity index (χ4n) is 1.87. The maximum atomic E-state index is 5.31. The predicted molar refractivity (Wildman–Crippen MR) is 77.8 cm³/mol. The first-order chi connectivity index (χ1) is 9.10. The van der Waals surface area contributed by atoms with Crippen LogP contribution in [0.5, 0.6) is 5.75 Å². The average molecular weight is 254 g/mol. The molecule has 3 nitrogen and oxygen atoms in total. The molecule has 0 aliphatic heterocycles. The fourth-order valence-corrected chi connectivity index (χ4v) is 1.87. The van der Waals surface area contributed by atoms with Gasteiger partial charge in [-0.2, -0.15) is 10.2 Å². The first-order valence-corrected chi connectivity index (χ1v) is 6.24. The van der Waals surface area contributed by atoms with Gasteiger partial charge in [0.25, 0.3) is 0 Å². The number of hydrogen-bond donors (Lipinski definition) is 0. The van der Waals surface area contributed by atoms with Crippen molar-refractivity contribution in [1.82, 2.24) is 0 Å². The number of azo groups is 1. The van der Waals surface area contributed by atoms with E-state index in [2.05, 4.69) is 23.2 Å². The minimum atomic E-state index is 0.836. The Hall–Kier alpha value is -2.16. The zero-order chi connectivity index (χ0) is 13.8. The van der Waals surface area contributed by atoms with Crippen LogP contribution in [0.25, 0.3) is 0 Å². The lowest BCUT2D eigenvalue weighted by atomic mass is 10.1. The number of benzene rings is 2. The first-order valence-electron chi connectivity index (χ1n) is 6.24. The molecule has 0 saturated carbocycles. The van der Waals surface area contributed by atoms with Gasteiger partial charge >= 0.3 is 0 Å². The normalized spacial score (nSPS) is 10.9. The zero-order valence-corrected chi connectivity index (χ0v) is 11.8. The van der Waals surface area contributed by atoms with Crippen molar-refractivity contribution in [3.8, 4) is 5.75 Å². The van der Waals surface area contributed by atoms with Gasteiger partial charge < -0.3 is 4.74 Å². The Bertz CT molecular complexity index is 601. The highest BCUT2D eigenvalue weighted by Gasteiger charge is 2.04. The molecule has 0 aliphatic carbocycles. The highest BCUT2D eigenvalue weighted by atomic mass is 16.5. The molecule has 2 aromatic carbocycles. The van der Waals surface area contributed by atoms with Crippen molar-refractivity contribution in [2.45, 2.75) is 20.8 Å². The molecule has 3 heteroatoms. The van der Waals surface area contributed by atoms with Gasteiger partial charge in [-0.05, 0) is 44.0 Å². The van der Waals surface area contributed by atoms with Crippen LogP contribution in [0.2, 0.25) is 0 Å². The van der Waals surface area contributed by atoms with Crippen LogP contribution in [-0.4, -0.2) is 7.11 Å². The summed E-state index contributed by atoms with van der Waals surface area (Å²) < 4.78 is 5.31. The molecule has 2 aromatic rings. The molecule has 0 spiro atoms. The van der Waals surface area contributed by atoms with E-state index in [9.17, 15) is 0 Å². The Kier molecular flexibility index (Phi) is 3.95. The first kappa shape index (κ1) is 13.3. The summed E-state index contributed by atoms with van der Waals surface area (Å²) in [7, 11) is 1.67. The van der Waals surface area contributed by atoms with Gasteiger partial charge in [-0.15, -0.1) is 0 Å². The molecule has 0 bridgehead atoms. The highest BCUT2D eigenvalue weighted by Crippen LogP contribution is 2.29. The van der Waals surface area contributed by atoms with E-state index in [1.165, 1.54) is 5.56 Å². The highest BCUT2D eigenvalue weighted by molar-refractivity contribution is 5.53. The topological polar surface area (TPSA) is 34.0 Å². The summed E-state index contributed by atoms with van der Waals surface area (Å²) in [6.45, 7) is 6.10. The maximum Gasteiger partial charge on any atom is 0.124 e. The molecule has 19 heavy (non-hydrogen) atoms. The van der Waals surface area contributed by atoms with Crippen LogP contribution in [0.3, 0.4) is 0 Å². The predicted octanol–water partition coefficient (Wildman–Crippen LogP) is 5.04. The van der Waals surface area contributed by atoms with Crippen LogP contribution < -0.4 is 4.74 Å². The molecule has 2 rings (SSSR count). The number of nitrogens with zero attached hydrogens (tertiary/aromatic N) is 2. The van der Waals surface area contributed by atoms with Crippen molar-refractivity contribution in [3.63, 3.8) is 0 Å². The molecule has 98 valence electrons. The third-order valence-corrected chi connectivity index (χ3v) is 3.02. The van der Waals surface area contributed by atoms with E-state index < -0.39 is 0 Å². The second kappa shape index (κ2) is 5.65. The zero-order valence-electron chi connectivity index (χ0n) is 11.8. The van der Waals surface area contributed by atoms with Crippen LogP contribution in [-0.2, 0) is 0 Å². The van der Waals surface area contributed by atoms with Crippen molar-refractivity contribution in [2.24, 2.45) is 10.2 Å². The summed E-state index contributed by atoms with van der Waals surface area (Å²) in [4.78, 5) is 0. The van der Waals surface area contributed by atoms with Crippen LogP contribution in [0.1, 0.15) is 16.7 Å². The molecule has 0 unspecified atom stereocenters. The van der Waals surface area contributed by atoms with Crippen LogP contribution in [0.15, 0.2) is 46.6 Å². The number of ether oxygens (including phenoxy) is 1. The summed E-state index contributed by atoms with van der Waals surface area (Å²) in [6.07, 6.45) is 0. The molecular formula is C16H18N2O. The van der Waals surface area contributed by atoms with Gasteiger partial charge in [0, 0.05) is 6.07 Å². The fraction of sp³-hybridized carbons (Fsp3) is 0.250. The van der Waals surface area contributed by atoms with Crippen molar-refractivity contribution in [3.05, 3.63) is 53.1 Å². The summed E-state index contributed by atoms with van der Waals surface area (Å²) in [5.74, 6) is 0.837. The number of aryl methyl sites for hydroxylation is 3. The monoisotopic (exact) mass is 254 g/mol. The average Bonchev–Trinajstić information content (AvgIpc) is 2.40. The smallest absolute Gasteiger partial charge is 0.124 e. The summed E-state index contributed by atoms with van der Waals surface area (Å²) in [6, 6.07) is 11.9. The van der Waals surface area contributed by atoms with Gasteiger partial charge in [-0.3, -0.25) is 0 Å². The van der Waals surface area contributed by atoms with Gasteiger partial charge in [0.2, 0.25) is 0 Å². The van der Waals surface area contributed by atoms with E-state index in [0.29, 0.717) is 0 Å². The van der Waals surface area contributed by atoms with Gasteiger partial charge in [0.1, 0.15) is 5.75 Å². The molecule has 0 atom stereocenters. The molecular weight excluding hydrogens is 236 g/mol. The SMILES string of the molecule is COc1cc(N=Nc2ccc(C)cc2)c(C)cc1C. The molecule has 0 aromatic heterocycles. The summed E-state index contributed by atoms with van der Waals surface area (Å²) in [5, 5.41) is 8.55. The summed E-state index contributed by atoms with van der Waals surface area (Å²) in [5.41, 5.74) is 5.10. The van der Waals surface area contributed by atoms with Crippen molar-refractivity contribution in [2.75, 3.05) is 7.11 Å². The number of hydrogen-bond acceptors (Lipinski definition) is 3. The standard InChI is InChI=1S/C16H18N2O/c1-11-5-7-14(8-6-11)17-18-15-10-16(19-4)13(3)9-12(15)2/h5-10H,1-4H3. The van der Waals surface area contributed by atoms with Gasteiger partial charge in [-0.1, -0.05) is 23.8 Å². The molecule has 0 fully saturated rings. The third-order valence-electron chi connectivity index (χ3n) is 3.02. The van der Waals surface area contributed by atoms with Crippen LogP contribution >= 0.6 is 0 Å². The minimum absolute atomic E-state index is 0.836. The van der Waals surface area contributed by atoms with E-state index in [4.69, 9.17) is 4.74 Å². The molecule has 0 heterocycles. The Morgan fingerprint density at radius 2 is 1.53 bits per heavy atom. The van der Waals surface area contributed by atoms with Crippen molar-refractivity contribution in [1.29, 1.82) is 0 Å². The van der Waals surface area contributed by atoms with E-state index in [0.717, 1.165) is 28.3 Å². The van der Waals surface area contributed by atoms with E-state index >= 15 is 0 Å². The lowest BCUT2D eigenvalue weighted by Gasteiger charge is -2.07. The lowest BCUT2D eigenvalue weighted by molar-refractivity contribution is 0.411. The van der Waals surface area contributed by atoms with Crippen molar-refractivity contribution >= 4 is 11.4 Å². The van der Waals surface area contributed by atoms with Gasteiger partial charge in [0.05, 0.1) is 18.5 Å². The van der Waals surface area contributed by atoms with Gasteiger partial charge in [-0.25, -0.2) is 0 Å². The molecule has 0 radical (unpaired) electrons. The molecule has 0 amide bonds. The number of methoxy groups -OCH3 is 1. The van der Waals surface area contributed by atoms with Crippen LogP contribution in [0, 0.1) is 20.8 Å².